The molecule has 0 fully saturated rings. The molecule has 0 saturated carbocycles. The summed E-state index contributed by atoms with van der Waals surface area (Å²) in [5.41, 5.74) is 0.0123. The number of halogens is 1. The first kappa shape index (κ1) is 19.7. The Bertz CT molecular complexity index is 380. The van der Waals surface area contributed by atoms with Crippen LogP contribution in [0.5, 0.6) is 0 Å². The molecule has 3 N–H and O–H groups in total. The molecule has 1 unspecified atom stereocenters. The van der Waals surface area contributed by atoms with E-state index < -0.39 is 5.60 Å². The summed E-state index contributed by atoms with van der Waals surface area (Å²) in [6.07, 6.45) is 2.27. The zero-order valence-electron chi connectivity index (χ0n) is 12.5. The van der Waals surface area contributed by atoms with Crippen LogP contribution < -0.4 is 10.6 Å². The van der Waals surface area contributed by atoms with Crippen molar-refractivity contribution < 1.29 is 5.11 Å². The molecule has 0 saturated heterocycles. The van der Waals surface area contributed by atoms with Crippen molar-refractivity contribution in [3.05, 3.63) is 22.4 Å². The first-order valence-corrected chi connectivity index (χ1v) is 7.81. The van der Waals surface area contributed by atoms with Crippen LogP contribution in [0.4, 0.5) is 0 Å². The van der Waals surface area contributed by atoms with Gasteiger partial charge in [-0.1, -0.05) is 13.3 Å². The van der Waals surface area contributed by atoms with Crippen molar-refractivity contribution in [2.45, 2.75) is 39.2 Å². The third-order valence-corrected chi connectivity index (χ3v) is 3.54. The Morgan fingerprint density at radius 1 is 1.40 bits per heavy atom. The number of guanidine groups is 1. The Balaban J connectivity index is 0.00000361. The number of nitrogens with one attached hydrogen (secondary N) is 2. The van der Waals surface area contributed by atoms with Gasteiger partial charge in [0.2, 0.25) is 0 Å². The van der Waals surface area contributed by atoms with Crippen molar-refractivity contribution in [1.82, 2.24) is 10.6 Å². The molecule has 1 heterocycles. The first-order valence-electron chi connectivity index (χ1n) is 6.87. The number of hydrogen-bond acceptors (Lipinski definition) is 3. The summed E-state index contributed by atoms with van der Waals surface area (Å²) in [5, 5.41) is 20.8. The van der Waals surface area contributed by atoms with Crippen molar-refractivity contribution in [1.29, 1.82) is 0 Å². The Hall–Kier alpha value is -0.340. The van der Waals surface area contributed by atoms with Crippen molar-refractivity contribution in [3.63, 3.8) is 0 Å². The van der Waals surface area contributed by atoms with Crippen LogP contribution in [0.3, 0.4) is 0 Å². The summed E-state index contributed by atoms with van der Waals surface area (Å²) in [5.74, 6) is 0.770. The fourth-order valence-electron chi connectivity index (χ4n) is 1.62. The average molecular weight is 411 g/mol. The Morgan fingerprint density at radius 2 is 2.15 bits per heavy atom. The van der Waals surface area contributed by atoms with Gasteiger partial charge in [0.15, 0.2) is 5.96 Å². The zero-order valence-corrected chi connectivity index (χ0v) is 15.6. The lowest BCUT2D eigenvalue weighted by Crippen LogP contribution is -2.39. The molecular formula is C14H26IN3OS. The van der Waals surface area contributed by atoms with Gasteiger partial charge in [0, 0.05) is 13.1 Å². The van der Waals surface area contributed by atoms with Crippen LogP contribution in [-0.2, 0) is 5.60 Å². The molecule has 0 aliphatic rings. The molecule has 0 spiro atoms. The molecule has 116 valence electrons. The number of aliphatic hydroxyl groups is 1. The predicted molar refractivity (Wildman–Crippen MR) is 98.2 cm³/mol. The average Bonchev–Trinajstić information content (AvgIpc) is 2.91. The second-order valence-corrected chi connectivity index (χ2v) is 5.54. The number of thiophene rings is 1. The van der Waals surface area contributed by atoms with E-state index >= 15 is 0 Å². The lowest BCUT2D eigenvalue weighted by Gasteiger charge is -2.21. The second-order valence-electron chi connectivity index (χ2n) is 4.76. The number of nitrogens with zero attached hydrogens (tertiary/aromatic N) is 1. The highest BCUT2D eigenvalue weighted by Gasteiger charge is 2.23. The summed E-state index contributed by atoms with van der Waals surface area (Å²) in [6.45, 7) is 8.07. The molecule has 0 aliphatic heterocycles. The molecule has 1 rings (SSSR count). The molecule has 0 bridgehead atoms. The predicted octanol–water partition coefficient (Wildman–Crippen LogP) is 2.93. The summed E-state index contributed by atoms with van der Waals surface area (Å²) < 4.78 is 0. The largest absolute Gasteiger partial charge is 0.383 e. The van der Waals surface area contributed by atoms with Crippen molar-refractivity contribution in [3.8, 4) is 0 Å². The van der Waals surface area contributed by atoms with Crippen LogP contribution in [0.25, 0.3) is 0 Å². The molecule has 6 heteroatoms. The number of aliphatic imine (C=N–C) groups is 1. The summed E-state index contributed by atoms with van der Waals surface area (Å²) in [6, 6.07) is 1.94. The minimum atomic E-state index is -0.910. The molecule has 1 aromatic heterocycles. The van der Waals surface area contributed by atoms with Crippen molar-refractivity contribution in [2.75, 3.05) is 19.6 Å². The molecule has 20 heavy (non-hydrogen) atoms. The van der Waals surface area contributed by atoms with E-state index in [2.05, 4.69) is 22.5 Å². The molecule has 0 amide bonds. The molecule has 1 aromatic rings. The van der Waals surface area contributed by atoms with Crippen molar-refractivity contribution in [2.24, 2.45) is 4.99 Å². The Kier molecular flexibility index (Phi) is 10.2. The SMILES string of the molecule is CCCCNC(=NCC(C)(O)c1ccsc1)NCC.I. The Morgan fingerprint density at radius 3 is 2.70 bits per heavy atom. The standard InChI is InChI=1S/C14H25N3OS.HI/c1-4-6-8-16-13(15-5-2)17-11-14(3,18)12-7-9-19-10-12;/h7,9-10,18H,4-6,8,11H2,1-3H3,(H2,15,16,17);1H. The van der Waals surface area contributed by atoms with Gasteiger partial charge >= 0.3 is 0 Å². The number of hydrogen-bond donors (Lipinski definition) is 3. The maximum Gasteiger partial charge on any atom is 0.191 e. The normalized spacial score (nSPS) is 14.3. The molecular weight excluding hydrogens is 385 g/mol. The van der Waals surface area contributed by atoms with Gasteiger partial charge in [0.1, 0.15) is 5.60 Å². The van der Waals surface area contributed by atoms with Crippen LogP contribution in [-0.4, -0.2) is 30.7 Å². The lowest BCUT2D eigenvalue weighted by molar-refractivity contribution is 0.0677. The van der Waals surface area contributed by atoms with E-state index in [1.165, 1.54) is 0 Å². The van der Waals surface area contributed by atoms with E-state index in [1.54, 1.807) is 18.3 Å². The number of unbranched alkanes of at least 4 members (excludes halogenated alkanes) is 1. The van der Waals surface area contributed by atoms with E-state index in [0.717, 1.165) is 37.5 Å². The molecule has 0 aliphatic carbocycles. The lowest BCUT2D eigenvalue weighted by atomic mass is 10.00. The van der Waals surface area contributed by atoms with Gasteiger partial charge in [-0.25, -0.2) is 4.99 Å². The fourth-order valence-corrected chi connectivity index (χ4v) is 2.40. The number of rotatable bonds is 7. The Labute approximate surface area is 143 Å². The van der Waals surface area contributed by atoms with Crippen LogP contribution >= 0.6 is 35.3 Å². The zero-order chi connectivity index (χ0) is 14.1. The van der Waals surface area contributed by atoms with Crippen molar-refractivity contribution >= 4 is 41.3 Å². The maximum atomic E-state index is 10.4. The first-order chi connectivity index (χ1) is 9.10. The summed E-state index contributed by atoms with van der Waals surface area (Å²) in [4.78, 5) is 4.46. The van der Waals surface area contributed by atoms with Gasteiger partial charge in [-0.2, -0.15) is 11.3 Å². The monoisotopic (exact) mass is 411 g/mol. The highest BCUT2D eigenvalue weighted by molar-refractivity contribution is 14.0. The van der Waals surface area contributed by atoms with E-state index in [9.17, 15) is 5.11 Å². The third-order valence-electron chi connectivity index (χ3n) is 2.86. The van der Waals surface area contributed by atoms with E-state index in [-0.39, 0.29) is 24.0 Å². The summed E-state index contributed by atoms with van der Waals surface area (Å²) in [7, 11) is 0. The van der Waals surface area contributed by atoms with Gasteiger partial charge in [-0.05, 0) is 42.7 Å². The highest BCUT2D eigenvalue weighted by Crippen LogP contribution is 2.23. The highest BCUT2D eigenvalue weighted by atomic mass is 127. The van der Waals surface area contributed by atoms with Gasteiger partial charge in [-0.3, -0.25) is 0 Å². The minimum Gasteiger partial charge on any atom is -0.383 e. The maximum absolute atomic E-state index is 10.4. The smallest absolute Gasteiger partial charge is 0.191 e. The van der Waals surface area contributed by atoms with Gasteiger partial charge in [0.25, 0.3) is 0 Å². The van der Waals surface area contributed by atoms with Crippen LogP contribution in [0, 0.1) is 0 Å². The van der Waals surface area contributed by atoms with E-state index in [4.69, 9.17) is 0 Å². The van der Waals surface area contributed by atoms with Crippen LogP contribution in [0.15, 0.2) is 21.8 Å². The van der Waals surface area contributed by atoms with E-state index in [0.29, 0.717) is 6.54 Å². The quantitative estimate of drug-likeness (QED) is 0.280. The molecule has 4 nitrogen and oxygen atoms in total. The minimum absolute atomic E-state index is 0. The van der Waals surface area contributed by atoms with Gasteiger partial charge < -0.3 is 15.7 Å². The molecule has 0 aromatic carbocycles. The molecule has 1 atom stereocenters. The summed E-state index contributed by atoms with van der Waals surface area (Å²) >= 11 is 1.59. The van der Waals surface area contributed by atoms with Gasteiger partial charge in [-0.15, -0.1) is 24.0 Å². The van der Waals surface area contributed by atoms with Crippen LogP contribution in [0.1, 0.15) is 39.2 Å². The fraction of sp³-hybridized carbons (Fsp3) is 0.643. The van der Waals surface area contributed by atoms with Crippen LogP contribution in [0.2, 0.25) is 0 Å². The third kappa shape index (κ3) is 6.90. The van der Waals surface area contributed by atoms with E-state index in [1.807, 2.05) is 23.8 Å². The van der Waals surface area contributed by atoms with Gasteiger partial charge in [0.05, 0.1) is 6.54 Å². The topological polar surface area (TPSA) is 56.7 Å². The molecule has 0 radical (unpaired) electrons. The second kappa shape index (κ2) is 10.4.